The summed E-state index contributed by atoms with van der Waals surface area (Å²) in [5.74, 6) is 0.190. The molecule has 1 heterocycles. The van der Waals surface area contributed by atoms with Crippen LogP contribution in [0.4, 0.5) is 43.5 Å². The zero-order valence-corrected chi connectivity index (χ0v) is 30.0. The van der Waals surface area contributed by atoms with E-state index in [-0.39, 0.29) is 64.8 Å². The number of nitrogens with zero attached hydrogens (tertiary/aromatic N) is 3. The first kappa shape index (κ1) is 39.3. The monoisotopic (exact) mass is 886 g/mol. The highest BCUT2D eigenvalue weighted by Crippen LogP contribution is 2.39. The molecule has 0 spiro atoms. The minimum Gasteiger partial charge on any atom is -0.491 e. The molecule has 50 heavy (non-hydrogen) atoms. The third-order valence-corrected chi connectivity index (χ3v) is 8.27. The number of benzene rings is 3. The summed E-state index contributed by atoms with van der Waals surface area (Å²) >= 11 is 5.35. The van der Waals surface area contributed by atoms with E-state index in [4.69, 9.17) is 23.7 Å². The SMILES string of the molecule is CC(=O)N(I)c1cc2c(Nc3cccc(Br)c3)ncnc2cc1OCCOCCOCCOCCOc1cc(C(F)(F)F)cc(C(F)(F)F)c1. The smallest absolute Gasteiger partial charge is 0.416 e. The maximum absolute atomic E-state index is 13.0. The average molecular weight is 887 g/mol. The molecule has 18 heteroatoms. The number of ether oxygens (including phenoxy) is 5. The van der Waals surface area contributed by atoms with E-state index in [1.54, 1.807) is 12.1 Å². The molecule has 1 amide bonds. The highest BCUT2D eigenvalue weighted by atomic mass is 127. The van der Waals surface area contributed by atoms with Crippen molar-refractivity contribution < 1.29 is 54.8 Å². The maximum Gasteiger partial charge on any atom is 0.416 e. The third-order valence-electron chi connectivity index (χ3n) is 6.58. The summed E-state index contributed by atoms with van der Waals surface area (Å²) in [6, 6.07) is 12.1. The number of rotatable bonds is 17. The summed E-state index contributed by atoms with van der Waals surface area (Å²) in [4.78, 5) is 21.0. The Morgan fingerprint density at radius 3 is 1.94 bits per heavy atom. The Hall–Kier alpha value is -3.46. The van der Waals surface area contributed by atoms with E-state index in [9.17, 15) is 31.1 Å². The van der Waals surface area contributed by atoms with E-state index in [1.165, 1.54) is 16.4 Å². The predicted octanol–water partition coefficient (Wildman–Crippen LogP) is 8.38. The van der Waals surface area contributed by atoms with Crippen LogP contribution in [0.1, 0.15) is 18.1 Å². The van der Waals surface area contributed by atoms with Crippen molar-refractivity contribution >= 4 is 72.8 Å². The van der Waals surface area contributed by atoms with E-state index < -0.39 is 29.2 Å². The van der Waals surface area contributed by atoms with Crippen molar-refractivity contribution in [2.75, 3.05) is 61.3 Å². The van der Waals surface area contributed by atoms with Gasteiger partial charge in [0.05, 0.1) is 84.8 Å². The van der Waals surface area contributed by atoms with Gasteiger partial charge in [-0.3, -0.25) is 4.79 Å². The molecule has 1 N–H and O–H groups in total. The molecule has 270 valence electrons. The molecule has 0 saturated carbocycles. The number of carbonyl (C=O) groups excluding carboxylic acids is 1. The van der Waals surface area contributed by atoms with Gasteiger partial charge in [-0.1, -0.05) is 22.0 Å². The van der Waals surface area contributed by atoms with Gasteiger partial charge in [-0.2, -0.15) is 26.3 Å². The molecule has 4 aromatic rings. The van der Waals surface area contributed by atoms with Crippen LogP contribution < -0.4 is 17.9 Å². The molecule has 0 bridgehead atoms. The van der Waals surface area contributed by atoms with Crippen LogP contribution in [0.5, 0.6) is 11.5 Å². The normalized spacial score (nSPS) is 11.9. The number of hydrogen-bond donors (Lipinski definition) is 1. The van der Waals surface area contributed by atoms with Gasteiger partial charge >= 0.3 is 12.4 Å². The van der Waals surface area contributed by atoms with Crippen molar-refractivity contribution in [2.45, 2.75) is 19.3 Å². The Labute approximate surface area is 305 Å². The predicted molar refractivity (Wildman–Crippen MR) is 184 cm³/mol. The number of hydrogen-bond acceptors (Lipinski definition) is 9. The largest absolute Gasteiger partial charge is 0.491 e. The Bertz CT molecular complexity index is 1720. The first-order valence-corrected chi connectivity index (χ1v) is 16.5. The maximum atomic E-state index is 13.0. The Kier molecular flexibility index (Phi) is 14.3. The molecule has 0 unspecified atom stereocenters. The summed E-state index contributed by atoms with van der Waals surface area (Å²) in [5, 5.41) is 3.96. The van der Waals surface area contributed by atoms with E-state index in [2.05, 4.69) is 31.2 Å². The number of amides is 1. The molecule has 0 radical (unpaired) electrons. The fraction of sp³-hybridized carbons (Fsp3) is 0.344. The lowest BCUT2D eigenvalue weighted by Gasteiger charge is -2.19. The lowest BCUT2D eigenvalue weighted by molar-refractivity contribution is -0.143. The van der Waals surface area contributed by atoms with Crippen LogP contribution in [0, 0.1) is 0 Å². The highest BCUT2D eigenvalue weighted by molar-refractivity contribution is 14.1. The van der Waals surface area contributed by atoms with Gasteiger partial charge < -0.3 is 29.0 Å². The molecule has 0 saturated heterocycles. The van der Waals surface area contributed by atoms with Gasteiger partial charge in [0.25, 0.3) is 0 Å². The minimum atomic E-state index is -4.96. The quantitative estimate of drug-likeness (QED) is 0.0485. The van der Waals surface area contributed by atoms with Crippen molar-refractivity contribution in [1.29, 1.82) is 0 Å². The molecule has 10 nitrogen and oxygen atoms in total. The molecule has 0 aliphatic rings. The average Bonchev–Trinajstić information content (AvgIpc) is 3.05. The standard InChI is InChI=1S/C32H30BrF6IN4O6/c1-20(45)44(40)28-17-26-27(41-19-42-30(26)43-24-4-2-3-23(33)16-24)18-29(28)50-12-10-48-8-6-46-5-7-47-9-11-49-25-14-21(31(34,35)36)13-22(15-25)32(37,38)39/h2-4,13-19H,5-12H2,1H3,(H,41,42,43). The van der Waals surface area contributed by atoms with Gasteiger partial charge in [-0.25, -0.2) is 13.1 Å². The lowest BCUT2D eigenvalue weighted by atomic mass is 10.1. The topological polar surface area (TPSA) is 104 Å². The van der Waals surface area contributed by atoms with Crippen LogP contribution in [0.25, 0.3) is 10.9 Å². The summed E-state index contributed by atoms with van der Waals surface area (Å²) in [6.07, 6.45) is -8.49. The van der Waals surface area contributed by atoms with Crippen LogP contribution >= 0.6 is 38.8 Å². The van der Waals surface area contributed by atoms with E-state index in [0.717, 1.165) is 10.2 Å². The molecular weight excluding hydrogens is 857 g/mol. The second kappa shape index (κ2) is 18.2. The lowest BCUT2D eigenvalue weighted by Crippen LogP contribution is -2.18. The van der Waals surface area contributed by atoms with E-state index in [1.807, 2.05) is 47.1 Å². The van der Waals surface area contributed by atoms with Crippen LogP contribution in [-0.2, 0) is 31.4 Å². The van der Waals surface area contributed by atoms with Gasteiger partial charge in [0, 0.05) is 28.5 Å². The number of aromatic nitrogens is 2. The summed E-state index contributed by atoms with van der Waals surface area (Å²) < 4.78 is 107. The van der Waals surface area contributed by atoms with Crippen LogP contribution in [0.2, 0.25) is 0 Å². The van der Waals surface area contributed by atoms with Crippen LogP contribution in [0.3, 0.4) is 0 Å². The molecule has 3 aromatic carbocycles. The number of halogens is 8. The van der Waals surface area contributed by atoms with Gasteiger partial charge in [0.15, 0.2) is 0 Å². The Morgan fingerprint density at radius 2 is 1.38 bits per heavy atom. The van der Waals surface area contributed by atoms with Crippen LogP contribution in [0.15, 0.2) is 65.4 Å². The number of carbonyl (C=O) groups is 1. The number of anilines is 3. The van der Waals surface area contributed by atoms with Gasteiger partial charge in [0.1, 0.15) is 36.9 Å². The molecule has 0 aliphatic carbocycles. The second-order valence-corrected chi connectivity index (χ2v) is 12.2. The summed E-state index contributed by atoms with van der Waals surface area (Å²) in [5.41, 5.74) is -1.01. The fourth-order valence-corrected chi connectivity index (χ4v) is 5.07. The Morgan fingerprint density at radius 1 is 0.800 bits per heavy atom. The number of alkyl halides is 6. The minimum absolute atomic E-state index is 0.0307. The first-order chi connectivity index (χ1) is 23.7. The zero-order chi connectivity index (χ0) is 36.3. The molecule has 0 aliphatic heterocycles. The molecular formula is C32H30BrF6IN4O6. The molecule has 4 rings (SSSR count). The van der Waals surface area contributed by atoms with Gasteiger partial charge in [-0.15, -0.1) is 0 Å². The van der Waals surface area contributed by atoms with Crippen molar-refractivity contribution in [2.24, 2.45) is 0 Å². The fourth-order valence-electron chi connectivity index (χ4n) is 4.29. The van der Waals surface area contributed by atoms with Crippen molar-refractivity contribution in [1.82, 2.24) is 9.97 Å². The Balaban J connectivity index is 1.17. The molecule has 0 atom stereocenters. The highest BCUT2D eigenvalue weighted by Gasteiger charge is 2.37. The van der Waals surface area contributed by atoms with Crippen molar-refractivity contribution in [3.63, 3.8) is 0 Å². The zero-order valence-electron chi connectivity index (χ0n) is 26.2. The van der Waals surface area contributed by atoms with Crippen molar-refractivity contribution in [3.8, 4) is 11.5 Å². The van der Waals surface area contributed by atoms with Crippen molar-refractivity contribution in [3.05, 3.63) is 76.5 Å². The third kappa shape index (κ3) is 11.8. The first-order valence-electron chi connectivity index (χ1n) is 14.8. The molecule has 1 aromatic heterocycles. The molecule has 0 fully saturated rings. The summed E-state index contributed by atoms with van der Waals surface area (Å²) in [6.45, 7) is 2.19. The summed E-state index contributed by atoms with van der Waals surface area (Å²) in [7, 11) is 0. The van der Waals surface area contributed by atoms with E-state index in [0.29, 0.717) is 40.3 Å². The number of nitrogens with one attached hydrogen (secondary N) is 1. The van der Waals surface area contributed by atoms with Crippen LogP contribution in [-0.4, -0.2) is 68.7 Å². The van der Waals surface area contributed by atoms with E-state index >= 15 is 0 Å². The van der Waals surface area contributed by atoms with Gasteiger partial charge in [-0.05, 0) is 42.5 Å². The second-order valence-electron chi connectivity index (χ2n) is 10.3. The van der Waals surface area contributed by atoms with Gasteiger partial charge in [0.2, 0.25) is 5.91 Å². The number of fused-ring (bicyclic) bond motifs is 1.